The van der Waals surface area contributed by atoms with Crippen LogP contribution < -0.4 is 0 Å². The number of rotatable bonds is 12. The van der Waals surface area contributed by atoms with Gasteiger partial charge in [0, 0.05) is 27.2 Å². The van der Waals surface area contributed by atoms with Crippen molar-refractivity contribution in [3.05, 3.63) is 0 Å². The first-order valence-electron chi connectivity index (χ1n) is 14.1. The van der Waals surface area contributed by atoms with Crippen LogP contribution >= 0.6 is 0 Å². The normalized spacial score (nSPS) is 24.6. The first-order chi connectivity index (χ1) is 18.5. The summed E-state index contributed by atoms with van der Waals surface area (Å²) in [5.41, 5.74) is 0. The Kier molecular flexibility index (Phi) is 13.3. The fraction of sp³-hybridized carbons (Fsp3) is 0.828. The quantitative estimate of drug-likeness (QED) is 0.129. The van der Waals surface area contributed by atoms with Crippen LogP contribution in [0.3, 0.4) is 0 Å². The molecule has 0 saturated carbocycles. The molecule has 1 aliphatic heterocycles. The number of carbonyl (C=O) groups is 3. The molecule has 1 rings (SSSR count). The number of carbonyl (C=O) groups excluding carboxylic acids is 3. The summed E-state index contributed by atoms with van der Waals surface area (Å²) >= 11 is 0. The summed E-state index contributed by atoms with van der Waals surface area (Å²) in [6, 6.07) is 0. The summed E-state index contributed by atoms with van der Waals surface area (Å²) in [7, 11) is -4.74. The van der Waals surface area contributed by atoms with Gasteiger partial charge in [-0.2, -0.15) is 0 Å². The number of hydrogen-bond donors (Lipinski definition) is 0. The number of esters is 3. The third-order valence-corrected chi connectivity index (χ3v) is 17.0. The van der Waals surface area contributed by atoms with Gasteiger partial charge in [0.15, 0.2) is 41.2 Å². The van der Waals surface area contributed by atoms with Crippen LogP contribution in [0.2, 0.25) is 36.3 Å². The Morgan fingerprint density at radius 3 is 1.78 bits per heavy atom. The van der Waals surface area contributed by atoms with Gasteiger partial charge in [-0.05, 0) is 36.3 Å². The molecule has 1 saturated heterocycles. The van der Waals surface area contributed by atoms with Gasteiger partial charge in [0.05, 0.1) is 13.2 Å². The standard InChI is InChI=1S/C29H52O10Si2/c1-15-22(35-19(2)30)16-17-33-27-26(37-21(4)32)25(39-41(13,14)29(8,9)10)24(36-20(3)31)23(38-27)18-34-40(11,12)28(5,6)7/h1,22-27H,16-18H2,2-14H3/t22-,23-,24-,25+,26-,27-/m1/s1. The zero-order valence-electron chi connectivity index (χ0n) is 27.2. The third-order valence-electron chi connectivity index (χ3n) is 8.00. The number of ether oxygens (including phenoxy) is 5. The van der Waals surface area contributed by atoms with Crippen molar-refractivity contribution < 1.29 is 46.9 Å². The predicted molar refractivity (Wildman–Crippen MR) is 160 cm³/mol. The van der Waals surface area contributed by atoms with E-state index in [1.165, 1.54) is 20.8 Å². The van der Waals surface area contributed by atoms with Gasteiger partial charge in [0.1, 0.15) is 12.2 Å². The van der Waals surface area contributed by atoms with Gasteiger partial charge in [-0.3, -0.25) is 14.4 Å². The second kappa shape index (κ2) is 14.6. The molecule has 0 aromatic heterocycles. The molecule has 236 valence electrons. The lowest BCUT2D eigenvalue weighted by Crippen LogP contribution is -2.65. The summed E-state index contributed by atoms with van der Waals surface area (Å²) in [6.45, 7) is 25.0. The Bertz CT molecular complexity index is 945. The van der Waals surface area contributed by atoms with E-state index in [9.17, 15) is 14.4 Å². The largest absolute Gasteiger partial charge is 0.457 e. The third kappa shape index (κ3) is 11.1. The fourth-order valence-electron chi connectivity index (χ4n) is 3.62. The second-order valence-electron chi connectivity index (χ2n) is 13.5. The van der Waals surface area contributed by atoms with Crippen LogP contribution in [0.15, 0.2) is 0 Å². The smallest absolute Gasteiger partial charge is 0.303 e. The molecule has 0 aromatic carbocycles. The lowest BCUT2D eigenvalue weighted by Gasteiger charge is -2.49. The molecule has 0 aliphatic carbocycles. The molecule has 1 heterocycles. The summed E-state index contributed by atoms with van der Waals surface area (Å²) in [4.78, 5) is 36.0. The van der Waals surface area contributed by atoms with Crippen LogP contribution in [-0.2, 0) is 46.9 Å². The molecular formula is C29H52O10Si2. The molecule has 0 bridgehead atoms. The topological polar surface area (TPSA) is 116 Å². The lowest BCUT2D eigenvalue weighted by atomic mass is 9.98. The molecule has 0 radical (unpaired) electrons. The minimum absolute atomic E-state index is 0.0332. The lowest BCUT2D eigenvalue weighted by molar-refractivity contribution is -0.303. The second-order valence-corrected chi connectivity index (χ2v) is 23.1. The Hall–Kier alpha value is -1.76. The monoisotopic (exact) mass is 616 g/mol. The van der Waals surface area contributed by atoms with Crippen LogP contribution in [0.4, 0.5) is 0 Å². The zero-order chi connectivity index (χ0) is 32.0. The highest BCUT2D eigenvalue weighted by Crippen LogP contribution is 2.41. The van der Waals surface area contributed by atoms with Gasteiger partial charge in [0.2, 0.25) is 0 Å². The molecule has 0 N–H and O–H groups in total. The summed E-state index contributed by atoms with van der Waals surface area (Å²) in [6.07, 6.45) is 0.133. The first kappa shape index (κ1) is 37.3. The molecule has 0 unspecified atom stereocenters. The van der Waals surface area contributed by atoms with E-state index in [0.717, 1.165) is 0 Å². The van der Waals surface area contributed by atoms with E-state index in [-0.39, 0.29) is 29.7 Å². The summed E-state index contributed by atoms with van der Waals surface area (Å²) in [5, 5.41) is -0.285. The van der Waals surface area contributed by atoms with Crippen LogP contribution in [0, 0.1) is 12.3 Å². The highest BCUT2D eigenvalue weighted by molar-refractivity contribution is 6.74. The first-order valence-corrected chi connectivity index (χ1v) is 19.9. The van der Waals surface area contributed by atoms with Crippen LogP contribution in [-0.4, -0.2) is 84.6 Å². The van der Waals surface area contributed by atoms with Crippen molar-refractivity contribution >= 4 is 34.5 Å². The van der Waals surface area contributed by atoms with Crippen molar-refractivity contribution in [1.82, 2.24) is 0 Å². The molecule has 1 aliphatic rings. The van der Waals surface area contributed by atoms with Crippen LogP contribution in [0.25, 0.3) is 0 Å². The van der Waals surface area contributed by atoms with Gasteiger partial charge in [-0.15, -0.1) is 6.42 Å². The molecular weight excluding hydrogens is 564 g/mol. The molecule has 0 aromatic rings. The van der Waals surface area contributed by atoms with Crippen LogP contribution in [0.5, 0.6) is 0 Å². The molecule has 10 nitrogen and oxygen atoms in total. The van der Waals surface area contributed by atoms with E-state index < -0.39 is 71.4 Å². The maximum absolute atomic E-state index is 12.4. The Morgan fingerprint density at radius 2 is 1.34 bits per heavy atom. The van der Waals surface area contributed by atoms with Crippen molar-refractivity contribution in [3.8, 4) is 12.3 Å². The van der Waals surface area contributed by atoms with Crippen LogP contribution in [0.1, 0.15) is 68.7 Å². The molecule has 0 amide bonds. The minimum Gasteiger partial charge on any atom is -0.457 e. The Balaban J connectivity index is 3.53. The predicted octanol–water partition coefficient (Wildman–Crippen LogP) is 4.96. The fourth-order valence-corrected chi connectivity index (χ4v) is 5.94. The number of terminal acetylenes is 1. The van der Waals surface area contributed by atoms with Gasteiger partial charge >= 0.3 is 17.9 Å². The zero-order valence-corrected chi connectivity index (χ0v) is 29.2. The van der Waals surface area contributed by atoms with Crippen molar-refractivity contribution in [2.24, 2.45) is 0 Å². The average Bonchev–Trinajstić information content (AvgIpc) is 2.78. The van der Waals surface area contributed by atoms with Crippen molar-refractivity contribution in [3.63, 3.8) is 0 Å². The Morgan fingerprint density at radius 1 is 0.829 bits per heavy atom. The van der Waals surface area contributed by atoms with E-state index in [4.69, 9.17) is 39.0 Å². The number of hydrogen-bond acceptors (Lipinski definition) is 10. The maximum atomic E-state index is 12.4. The summed E-state index contributed by atoms with van der Waals surface area (Å²) in [5.74, 6) is 0.810. The van der Waals surface area contributed by atoms with Crippen molar-refractivity contribution in [1.29, 1.82) is 0 Å². The highest BCUT2D eigenvalue weighted by Gasteiger charge is 2.55. The van der Waals surface area contributed by atoms with E-state index in [0.29, 0.717) is 0 Å². The van der Waals surface area contributed by atoms with Gasteiger partial charge < -0.3 is 32.5 Å². The van der Waals surface area contributed by atoms with Gasteiger partial charge in [-0.25, -0.2) is 0 Å². The van der Waals surface area contributed by atoms with Gasteiger partial charge in [0.25, 0.3) is 0 Å². The minimum atomic E-state index is -2.51. The van der Waals surface area contributed by atoms with E-state index in [2.05, 4.69) is 73.7 Å². The molecule has 12 heteroatoms. The Labute approximate surface area is 248 Å². The van der Waals surface area contributed by atoms with Gasteiger partial charge in [-0.1, -0.05) is 47.5 Å². The van der Waals surface area contributed by atoms with E-state index >= 15 is 0 Å². The molecule has 1 fully saturated rings. The van der Waals surface area contributed by atoms with Crippen molar-refractivity contribution in [2.75, 3.05) is 13.2 Å². The maximum Gasteiger partial charge on any atom is 0.303 e. The molecule has 41 heavy (non-hydrogen) atoms. The SMILES string of the molecule is C#C[C@H](CCO[C@@H]1O[C@H](CO[Si](C)(C)C(C)(C)C)[C@@H](OC(C)=O)[C@H](O[Si](C)(C)C(C)(C)C)[C@H]1OC(C)=O)OC(C)=O. The van der Waals surface area contributed by atoms with E-state index in [1.54, 1.807) is 0 Å². The van der Waals surface area contributed by atoms with E-state index in [1.807, 2.05) is 0 Å². The van der Waals surface area contributed by atoms with Crippen molar-refractivity contribution in [2.45, 2.75) is 142 Å². The average molecular weight is 617 g/mol. The molecule has 0 spiro atoms. The molecule has 6 atom stereocenters. The highest BCUT2D eigenvalue weighted by atomic mass is 28.4. The summed E-state index contributed by atoms with van der Waals surface area (Å²) < 4.78 is 42.4.